The molecule has 0 saturated heterocycles. The van der Waals surface area contributed by atoms with Crippen molar-refractivity contribution >= 4 is 17.3 Å². The SMILES string of the molecule is COCc1nc(-c2c(C)nn(C)c2OC)sc1C(=O)O. The number of ether oxygens (including phenoxy) is 2. The molecule has 2 heterocycles. The highest BCUT2D eigenvalue weighted by Gasteiger charge is 2.23. The fraction of sp³-hybridized carbons (Fsp3) is 0.417. The average molecular weight is 297 g/mol. The van der Waals surface area contributed by atoms with Crippen molar-refractivity contribution in [2.24, 2.45) is 7.05 Å². The number of rotatable bonds is 5. The van der Waals surface area contributed by atoms with Crippen molar-refractivity contribution in [2.45, 2.75) is 13.5 Å². The van der Waals surface area contributed by atoms with Gasteiger partial charge < -0.3 is 14.6 Å². The molecule has 0 unspecified atom stereocenters. The van der Waals surface area contributed by atoms with Crippen molar-refractivity contribution in [3.63, 3.8) is 0 Å². The molecular weight excluding hydrogens is 282 g/mol. The van der Waals surface area contributed by atoms with Crippen LogP contribution in [0.15, 0.2) is 0 Å². The predicted molar refractivity (Wildman–Crippen MR) is 73.3 cm³/mol. The van der Waals surface area contributed by atoms with E-state index < -0.39 is 5.97 Å². The number of aryl methyl sites for hydroxylation is 2. The molecule has 108 valence electrons. The van der Waals surface area contributed by atoms with Gasteiger partial charge >= 0.3 is 5.97 Å². The van der Waals surface area contributed by atoms with Crippen LogP contribution in [-0.2, 0) is 18.4 Å². The van der Waals surface area contributed by atoms with E-state index in [4.69, 9.17) is 9.47 Å². The Bertz CT molecular complexity index is 647. The van der Waals surface area contributed by atoms with Gasteiger partial charge in [0.05, 0.1) is 30.7 Å². The summed E-state index contributed by atoms with van der Waals surface area (Å²) in [5, 5.41) is 14.1. The normalized spacial score (nSPS) is 10.8. The summed E-state index contributed by atoms with van der Waals surface area (Å²) in [5.74, 6) is -0.460. The molecule has 0 atom stereocenters. The molecule has 0 fully saturated rings. The lowest BCUT2D eigenvalue weighted by molar-refractivity contribution is 0.0697. The van der Waals surface area contributed by atoms with Gasteiger partial charge in [-0.15, -0.1) is 11.3 Å². The van der Waals surface area contributed by atoms with E-state index in [-0.39, 0.29) is 11.5 Å². The van der Waals surface area contributed by atoms with Crippen molar-refractivity contribution in [3.8, 4) is 16.5 Å². The molecule has 8 heteroatoms. The number of hydrogen-bond acceptors (Lipinski definition) is 6. The molecule has 2 aromatic heterocycles. The third kappa shape index (κ3) is 2.39. The Balaban J connectivity index is 2.59. The number of thiazole rings is 1. The van der Waals surface area contributed by atoms with Gasteiger partial charge in [0.25, 0.3) is 0 Å². The second kappa shape index (κ2) is 5.59. The molecule has 2 aromatic rings. The van der Waals surface area contributed by atoms with Crippen molar-refractivity contribution in [2.75, 3.05) is 14.2 Å². The summed E-state index contributed by atoms with van der Waals surface area (Å²) in [6.45, 7) is 1.98. The zero-order chi connectivity index (χ0) is 14.9. The van der Waals surface area contributed by atoms with Crippen LogP contribution in [0.3, 0.4) is 0 Å². The standard InChI is InChI=1S/C12H15N3O4S/c1-6-8(11(19-4)15(2)14-6)10-13-7(5-18-3)9(20-10)12(16)17/h5H2,1-4H3,(H,16,17). The number of carboxylic acid groups (broad SMARTS) is 1. The van der Waals surface area contributed by atoms with E-state index in [9.17, 15) is 9.90 Å². The van der Waals surface area contributed by atoms with Crippen molar-refractivity contribution < 1.29 is 19.4 Å². The van der Waals surface area contributed by atoms with Crippen LogP contribution >= 0.6 is 11.3 Å². The Morgan fingerprint density at radius 1 is 1.45 bits per heavy atom. The molecule has 0 aliphatic rings. The predicted octanol–water partition coefficient (Wildman–Crippen LogP) is 1.71. The maximum Gasteiger partial charge on any atom is 0.347 e. The number of hydrogen-bond donors (Lipinski definition) is 1. The molecule has 0 amide bonds. The Kier molecular flexibility index (Phi) is 4.05. The first-order chi connectivity index (χ1) is 9.49. The number of carboxylic acids is 1. The highest BCUT2D eigenvalue weighted by atomic mass is 32.1. The third-order valence-corrected chi connectivity index (χ3v) is 3.85. The second-order valence-electron chi connectivity index (χ2n) is 4.13. The quantitative estimate of drug-likeness (QED) is 0.904. The van der Waals surface area contributed by atoms with Crippen LogP contribution in [0.1, 0.15) is 21.1 Å². The molecule has 2 rings (SSSR count). The van der Waals surface area contributed by atoms with E-state index >= 15 is 0 Å². The van der Waals surface area contributed by atoms with Gasteiger partial charge in [-0.25, -0.2) is 14.5 Å². The maximum absolute atomic E-state index is 11.2. The van der Waals surface area contributed by atoms with Crippen LogP contribution in [-0.4, -0.2) is 40.1 Å². The van der Waals surface area contributed by atoms with Crippen LogP contribution in [0, 0.1) is 6.92 Å². The molecular formula is C12H15N3O4S. The summed E-state index contributed by atoms with van der Waals surface area (Å²) in [6.07, 6.45) is 0. The highest BCUT2D eigenvalue weighted by molar-refractivity contribution is 7.17. The summed E-state index contributed by atoms with van der Waals surface area (Å²) < 4.78 is 11.9. The zero-order valence-corrected chi connectivity index (χ0v) is 12.4. The van der Waals surface area contributed by atoms with Gasteiger partial charge in [-0.1, -0.05) is 0 Å². The van der Waals surface area contributed by atoms with Crippen LogP contribution in [0.2, 0.25) is 0 Å². The minimum atomic E-state index is -1.01. The maximum atomic E-state index is 11.2. The lowest BCUT2D eigenvalue weighted by Crippen LogP contribution is -1.99. The number of aromatic carboxylic acids is 1. The largest absolute Gasteiger partial charge is 0.481 e. The van der Waals surface area contributed by atoms with E-state index in [2.05, 4.69) is 10.1 Å². The van der Waals surface area contributed by atoms with Crippen LogP contribution in [0.4, 0.5) is 0 Å². The van der Waals surface area contributed by atoms with Gasteiger partial charge in [-0.3, -0.25) is 0 Å². The highest BCUT2D eigenvalue weighted by Crippen LogP contribution is 2.36. The fourth-order valence-electron chi connectivity index (χ4n) is 1.98. The molecule has 0 saturated carbocycles. The Labute approximate surface area is 119 Å². The molecule has 0 bridgehead atoms. The van der Waals surface area contributed by atoms with Gasteiger partial charge in [0.1, 0.15) is 9.88 Å². The topological polar surface area (TPSA) is 86.5 Å². The minimum Gasteiger partial charge on any atom is -0.481 e. The Morgan fingerprint density at radius 2 is 2.15 bits per heavy atom. The van der Waals surface area contributed by atoms with Crippen molar-refractivity contribution in [1.29, 1.82) is 0 Å². The lowest BCUT2D eigenvalue weighted by Gasteiger charge is -2.01. The van der Waals surface area contributed by atoms with Gasteiger partial charge in [-0.2, -0.15) is 5.10 Å². The van der Waals surface area contributed by atoms with E-state index in [0.29, 0.717) is 22.1 Å². The Hall–Kier alpha value is -1.93. The molecule has 0 radical (unpaired) electrons. The summed E-state index contributed by atoms with van der Waals surface area (Å²) in [4.78, 5) is 15.8. The summed E-state index contributed by atoms with van der Waals surface area (Å²) in [6, 6.07) is 0. The van der Waals surface area contributed by atoms with Gasteiger partial charge in [0.15, 0.2) is 0 Å². The Morgan fingerprint density at radius 3 is 2.70 bits per heavy atom. The van der Waals surface area contributed by atoms with Crippen LogP contribution in [0.25, 0.3) is 10.6 Å². The van der Waals surface area contributed by atoms with Gasteiger partial charge in [0, 0.05) is 14.2 Å². The molecule has 0 aromatic carbocycles. The van der Waals surface area contributed by atoms with E-state index in [1.807, 2.05) is 6.92 Å². The minimum absolute atomic E-state index is 0.153. The number of nitrogens with zero attached hydrogens (tertiary/aromatic N) is 3. The van der Waals surface area contributed by atoms with Gasteiger partial charge in [0.2, 0.25) is 5.88 Å². The molecule has 1 N–H and O–H groups in total. The lowest BCUT2D eigenvalue weighted by atomic mass is 10.2. The van der Waals surface area contributed by atoms with Crippen molar-refractivity contribution in [1.82, 2.24) is 14.8 Å². The summed E-state index contributed by atoms with van der Waals surface area (Å²) in [5.41, 5.74) is 1.86. The fourth-order valence-corrected chi connectivity index (χ4v) is 2.97. The molecule has 0 aliphatic heterocycles. The first-order valence-electron chi connectivity index (χ1n) is 5.79. The molecule has 7 nitrogen and oxygen atoms in total. The van der Waals surface area contributed by atoms with Crippen molar-refractivity contribution in [3.05, 3.63) is 16.3 Å². The number of aromatic nitrogens is 3. The third-order valence-electron chi connectivity index (χ3n) is 2.75. The first-order valence-corrected chi connectivity index (χ1v) is 6.61. The average Bonchev–Trinajstić information content (AvgIpc) is 2.90. The van der Waals surface area contributed by atoms with Gasteiger partial charge in [-0.05, 0) is 6.92 Å². The summed E-state index contributed by atoms with van der Waals surface area (Å²) >= 11 is 1.09. The van der Waals surface area contributed by atoms with E-state index in [1.54, 1.807) is 18.8 Å². The smallest absolute Gasteiger partial charge is 0.347 e. The summed E-state index contributed by atoms with van der Waals surface area (Å²) in [7, 11) is 4.80. The number of carbonyl (C=O) groups is 1. The van der Waals surface area contributed by atoms with E-state index in [0.717, 1.165) is 17.0 Å². The monoisotopic (exact) mass is 297 g/mol. The molecule has 0 spiro atoms. The number of methoxy groups -OCH3 is 2. The second-order valence-corrected chi connectivity index (χ2v) is 5.13. The first kappa shape index (κ1) is 14.5. The van der Waals surface area contributed by atoms with E-state index in [1.165, 1.54) is 7.11 Å². The molecule has 20 heavy (non-hydrogen) atoms. The molecule has 0 aliphatic carbocycles. The zero-order valence-electron chi connectivity index (χ0n) is 11.6. The van der Waals surface area contributed by atoms with Crippen LogP contribution in [0.5, 0.6) is 5.88 Å². The van der Waals surface area contributed by atoms with Crippen LogP contribution < -0.4 is 4.74 Å².